The molecule has 0 bridgehead atoms. The second-order valence-corrected chi connectivity index (χ2v) is 13.2. The Morgan fingerprint density at radius 3 is 1.90 bits per heavy atom. The zero-order chi connectivity index (χ0) is 28.0. The zero-order valence-electron chi connectivity index (χ0n) is 25.7. The molecule has 1 aromatic carbocycles. The molecule has 0 aliphatic heterocycles. The third-order valence-electron chi connectivity index (χ3n) is 10.3. The number of hydrogen-bond donors (Lipinski definition) is 0. The van der Waals surface area contributed by atoms with Crippen molar-refractivity contribution in [2.75, 3.05) is 0 Å². The molecule has 3 nitrogen and oxygen atoms in total. The first-order valence-corrected chi connectivity index (χ1v) is 17.0. The molecule has 2 fully saturated rings. The molecule has 0 unspecified atom stereocenters. The van der Waals surface area contributed by atoms with Crippen LogP contribution in [0, 0.1) is 22.7 Å². The Hall–Kier alpha value is -2.21. The third kappa shape index (κ3) is 8.89. The minimum Gasteiger partial charge on any atom is -0.236 e. The highest BCUT2D eigenvalue weighted by Crippen LogP contribution is 2.46. The van der Waals surface area contributed by atoms with Crippen LogP contribution in [-0.2, 0) is 0 Å². The molecule has 218 valence electrons. The smallest absolute Gasteiger partial charge is 0.159 e. The number of aromatic nitrogens is 2. The molecule has 0 amide bonds. The third-order valence-corrected chi connectivity index (χ3v) is 10.3. The average molecular weight is 542 g/mol. The summed E-state index contributed by atoms with van der Waals surface area (Å²) < 4.78 is 0. The lowest BCUT2D eigenvalue weighted by atomic mass is 9.67. The largest absolute Gasteiger partial charge is 0.236 e. The Bertz CT molecular complexity index is 1000. The second kappa shape index (κ2) is 16.3. The molecule has 3 heteroatoms. The zero-order valence-corrected chi connectivity index (χ0v) is 25.7. The molecule has 0 saturated heterocycles. The Balaban J connectivity index is 1.21. The molecule has 0 spiro atoms. The second-order valence-electron chi connectivity index (χ2n) is 13.2. The molecular weight excluding hydrogens is 486 g/mol. The Morgan fingerprint density at radius 2 is 1.27 bits per heavy atom. The van der Waals surface area contributed by atoms with Crippen LogP contribution in [0.3, 0.4) is 0 Å². The number of hydrogen-bond acceptors (Lipinski definition) is 3. The number of nitrogens with zero attached hydrogens (tertiary/aromatic N) is 3. The molecule has 4 rings (SSSR count). The number of nitriles is 1. The van der Waals surface area contributed by atoms with Crippen LogP contribution in [0.5, 0.6) is 0 Å². The predicted octanol–water partition coefficient (Wildman–Crippen LogP) is 11.3. The van der Waals surface area contributed by atoms with Crippen molar-refractivity contribution in [3.63, 3.8) is 0 Å². The van der Waals surface area contributed by atoms with Gasteiger partial charge in [-0.15, -0.1) is 0 Å². The van der Waals surface area contributed by atoms with Crippen LogP contribution >= 0.6 is 0 Å². The molecule has 0 N–H and O–H groups in total. The van der Waals surface area contributed by atoms with Gasteiger partial charge in [-0.2, -0.15) is 5.26 Å². The first-order valence-electron chi connectivity index (χ1n) is 17.0. The molecule has 1 aromatic heterocycles. The van der Waals surface area contributed by atoms with Crippen LogP contribution in [0.1, 0.15) is 165 Å². The fourth-order valence-electron chi connectivity index (χ4n) is 7.41. The van der Waals surface area contributed by atoms with Crippen molar-refractivity contribution in [3.05, 3.63) is 47.8 Å². The van der Waals surface area contributed by atoms with E-state index in [0.29, 0.717) is 11.8 Å². The summed E-state index contributed by atoms with van der Waals surface area (Å²) in [5.74, 6) is 2.99. The highest BCUT2D eigenvalue weighted by Gasteiger charge is 2.35. The van der Waals surface area contributed by atoms with Gasteiger partial charge in [0.05, 0.1) is 11.5 Å². The fraction of sp³-hybridized carbons (Fsp3) is 0.703. The summed E-state index contributed by atoms with van der Waals surface area (Å²) in [6.07, 6.45) is 29.9. The molecule has 40 heavy (non-hydrogen) atoms. The van der Waals surface area contributed by atoms with Crippen LogP contribution in [0.4, 0.5) is 0 Å². The molecule has 0 radical (unpaired) electrons. The van der Waals surface area contributed by atoms with Crippen molar-refractivity contribution in [1.29, 1.82) is 5.26 Å². The number of benzene rings is 1. The molecule has 1 heterocycles. The lowest BCUT2D eigenvalue weighted by Crippen LogP contribution is -2.25. The summed E-state index contributed by atoms with van der Waals surface area (Å²) >= 11 is 0. The van der Waals surface area contributed by atoms with Crippen molar-refractivity contribution in [2.24, 2.45) is 11.3 Å². The summed E-state index contributed by atoms with van der Waals surface area (Å²) in [4.78, 5) is 9.59. The standard InChI is InChI=1S/C37H55N3/c1-3-5-7-9-10-11-13-30-14-16-32(17-15-30)35-27-39-36(40-28-35)34-20-18-31(19-21-34)33-22-25-37(29-38,26-23-33)24-12-8-6-4-2/h18-21,27-28,30,32-33H,3-17,22-26H2,1-2H3. The quantitative estimate of drug-likeness (QED) is 0.211. The first-order chi connectivity index (χ1) is 19.7. The van der Waals surface area contributed by atoms with E-state index in [-0.39, 0.29) is 5.41 Å². The highest BCUT2D eigenvalue weighted by atomic mass is 14.9. The van der Waals surface area contributed by atoms with E-state index in [1.54, 1.807) is 0 Å². The van der Waals surface area contributed by atoms with Crippen LogP contribution in [0.2, 0.25) is 0 Å². The highest BCUT2D eigenvalue weighted by molar-refractivity contribution is 5.55. The topological polar surface area (TPSA) is 49.6 Å². The molecule has 2 aromatic rings. The van der Waals surface area contributed by atoms with Crippen LogP contribution in [-0.4, -0.2) is 9.97 Å². The van der Waals surface area contributed by atoms with Crippen molar-refractivity contribution in [3.8, 4) is 17.5 Å². The van der Waals surface area contributed by atoms with Crippen molar-refractivity contribution in [2.45, 2.75) is 154 Å². The van der Waals surface area contributed by atoms with E-state index >= 15 is 0 Å². The van der Waals surface area contributed by atoms with Crippen molar-refractivity contribution in [1.82, 2.24) is 9.97 Å². The van der Waals surface area contributed by atoms with Gasteiger partial charge in [0, 0.05) is 18.0 Å². The molecular formula is C37H55N3. The van der Waals surface area contributed by atoms with Gasteiger partial charge < -0.3 is 0 Å². The van der Waals surface area contributed by atoms with E-state index in [1.807, 2.05) is 0 Å². The van der Waals surface area contributed by atoms with Crippen molar-refractivity contribution < 1.29 is 0 Å². The number of rotatable bonds is 15. The normalized spacial score (nSPS) is 25.0. The first kappa shape index (κ1) is 30.7. The maximum atomic E-state index is 9.93. The van der Waals surface area contributed by atoms with Gasteiger partial charge in [-0.3, -0.25) is 0 Å². The van der Waals surface area contributed by atoms with Crippen LogP contribution in [0.15, 0.2) is 36.7 Å². The Labute approximate surface area is 245 Å². The van der Waals surface area contributed by atoms with E-state index in [9.17, 15) is 5.26 Å². The summed E-state index contributed by atoms with van der Waals surface area (Å²) in [6, 6.07) is 11.7. The van der Waals surface area contributed by atoms with Gasteiger partial charge in [0.2, 0.25) is 0 Å². The van der Waals surface area contributed by atoms with E-state index in [4.69, 9.17) is 9.97 Å². The lowest BCUT2D eigenvalue weighted by molar-refractivity contribution is 0.223. The molecule has 2 saturated carbocycles. The van der Waals surface area contributed by atoms with Gasteiger partial charge in [0.1, 0.15) is 0 Å². The monoisotopic (exact) mass is 541 g/mol. The summed E-state index contributed by atoms with van der Waals surface area (Å²) in [6.45, 7) is 4.55. The summed E-state index contributed by atoms with van der Waals surface area (Å²) in [5, 5.41) is 9.93. The Morgan fingerprint density at radius 1 is 0.700 bits per heavy atom. The van der Waals surface area contributed by atoms with Crippen molar-refractivity contribution >= 4 is 0 Å². The van der Waals surface area contributed by atoms with Crippen LogP contribution in [0.25, 0.3) is 11.4 Å². The fourth-order valence-corrected chi connectivity index (χ4v) is 7.41. The molecule has 2 aliphatic rings. The maximum absolute atomic E-state index is 9.93. The number of unbranched alkanes of at least 4 members (excludes halogenated alkanes) is 8. The van der Waals surface area contributed by atoms with Gasteiger partial charge >= 0.3 is 0 Å². The minimum absolute atomic E-state index is 0.0765. The van der Waals surface area contributed by atoms with E-state index in [2.05, 4.69) is 56.6 Å². The maximum Gasteiger partial charge on any atom is 0.159 e. The average Bonchev–Trinajstić information content (AvgIpc) is 3.02. The lowest BCUT2D eigenvalue weighted by Gasteiger charge is -2.35. The van der Waals surface area contributed by atoms with Gasteiger partial charge in [-0.25, -0.2) is 9.97 Å². The van der Waals surface area contributed by atoms with Crippen LogP contribution < -0.4 is 0 Å². The molecule has 0 atom stereocenters. The van der Waals surface area contributed by atoms with Gasteiger partial charge in [0.15, 0.2) is 5.82 Å². The predicted molar refractivity (Wildman–Crippen MR) is 168 cm³/mol. The van der Waals surface area contributed by atoms with Gasteiger partial charge in [0.25, 0.3) is 0 Å². The molecule has 2 aliphatic carbocycles. The summed E-state index contributed by atoms with van der Waals surface area (Å²) in [5.41, 5.74) is 3.77. The minimum atomic E-state index is -0.0765. The Kier molecular flexibility index (Phi) is 12.5. The van der Waals surface area contributed by atoms with Gasteiger partial charge in [-0.05, 0) is 86.7 Å². The SMILES string of the molecule is CCCCCCCCC1CCC(c2cnc(-c3ccc(C4CCC(C#N)(CCCCCC)CC4)cc3)nc2)CC1. The summed E-state index contributed by atoms with van der Waals surface area (Å²) in [7, 11) is 0. The van der Waals surface area contributed by atoms with E-state index in [1.165, 1.54) is 107 Å². The van der Waals surface area contributed by atoms with E-state index in [0.717, 1.165) is 49.4 Å². The van der Waals surface area contributed by atoms with Gasteiger partial charge in [-0.1, -0.05) is 109 Å². The van der Waals surface area contributed by atoms with E-state index < -0.39 is 0 Å².